The van der Waals surface area contributed by atoms with Crippen LogP contribution in [0.1, 0.15) is 24.2 Å². The Balaban J connectivity index is 2.98. The van der Waals surface area contributed by atoms with Crippen LogP contribution < -0.4 is 11.1 Å². The van der Waals surface area contributed by atoms with Gasteiger partial charge in [-0.25, -0.2) is 4.79 Å². The van der Waals surface area contributed by atoms with Gasteiger partial charge >= 0.3 is 5.97 Å². The molecule has 0 aliphatic rings. The summed E-state index contributed by atoms with van der Waals surface area (Å²) in [6.07, 6.45) is 0. The third-order valence-corrected chi connectivity index (χ3v) is 1.57. The molecule has 0 aliphatic heterocycles. The van der Waals surface area contributed by atoms with E-state index >= 15 is 0 Å². The Hall–Kier alpha value is -2.05. The van der Waals surface area contributed by atoms with E-state index in [1.165, 1.54) is 6.92 Å². The Kier molecular flexibility index (Phi) is 3.27. The zero-order chi connectivity index (χ0) is 11.4. The molecule has 0 saturated carbocycles. The number of esters is 1. The fourth-order valence-electron chi connectivity index (χ4n) is 1.02. The quantitative estimate of drug-likeness (QED) is 0.616. The maximum Gasteiger partial charge on any atom is 0.345 e. The number of nitrogen functional groups attached to an aromatic ring is 1. The van der Waals surface area contributed by atoms with Gasteiger partial charge in [0.15, 0.2) is 5.82 Å². The highest BCUT2D eigenvalue weighted by Crippen LogP contribution is 2.19. The van der Waals surface area contributed by atoms with Gasteiger partial charge in [0.25, 0.3) is 0 Å². The molecule has 0 bridgehead atoms. The highest BCUT2D eigenvalue weighted by atomic mass is 16.5. The maximum absolute atomic E-state index is 11.4. The topological polar surface area (TPSA) is 110 Å². The number of nitrogens with two attached hydrogens (primary N) is 1. The van der Waals surface area contributed by atoms with Gasteiger partial charge in [-0.15, -0.1) is 0 Å². The van der Waals surface area contributed by atoms with Gasteiger partial charge in [0.1, 0.15) is 11.4 Å². The highest BCUT2D eigenvalue weighted by molar-refractivity contribution is 6.03. The predicted molar refractivity (Wildman–Crippen MR) is 53.3 cm³/mol. The van der Waals surface area contributed by atoms with Gasteiger partial charge in [0.05, 0.1) is 6.61 Å². The van der Waals surface area contributed by atoms with Crippen LogP contribution in [0, 0.1) is 0 Å². The first kappa shape index (κ1) is 11.0. The van der Waals surface area contributed by atoms with E-state index in [0.717, 1.165) is 0 Å². The Labute approximate surface area is 86.0 Å². The lowest BCUT2D eigenvalue weighted by Gasteiger charge is -2.02. The summed E-state index contributed by atoms with van der Waals surface area (Å²) < 4.78 is 4.76. The number of aromatic amines is 1. The van der Waals surface area contributed by atoms with E-state index in [4.69, 9.17) is 10.5 Å². The number of hydrogen-bond donors (Lipinski definition) is 3. The van der Waals surface area contributed by atoms with Gasteiger partial charge in [-0.05, 0) is 6.92 Å². The van der Waals surface area contributed by atoms with Gasteiger partial charge in [-0.1, -0.05) is 0 Å². The molecule has 7 heteroatoms. The van der Waals surface area contributed by atoms with Crippen LogP contribution >= 0.6 is 0 Å². The number of anilines is 2. The molecule has 82 valence electrons. The van der Waals surface area contributed by atoms with Crippen molar-refractivity contribution >= 4 is 23.5 Å². The highest BCUT2D eigenvalue weighted by Gasteiger charge is 2.20. The van der Waals surface area contributed by atoms with Crippen molar-refractivity contribution in [2.75, 3.05) is 17.7 Å². The number of aromatic nitrogens is 2. The molecule has 1 heterocycles. The van der Waals surface area contributed by atoms with Gasteiger partial charge in [-0.3, -0.25) is 9.89 Å². The van der Waals surface area contributed by atoms with Crippen LogP contribution in [0.2, 0.25) is 0 Å². The average molecular weight is 212 g/mol. The molecule has 0 radical (unpaired) electrons. The summed E-state index contributed by atoms with van der Waals surface area (Å²) in [6.45, 7) is 3.20. The van der Waals surface area contributed by atoms with E-state index in [1.807, 2.05) is 0 Å². The van der Waals surface area contributed by atoms with Crippen molar-refractivity contribution < 1.29 is 14.3 Å². The third-order valence-electron chi connectivity index (χ3n) is 1.57. The Morgan fingerprint density at radius 3 is 2.80 bits per heavy atom. The van der Waals surface area contributed by atoms with Crippen LogP contribution in [0.3, 0.4) is 0 Å². The summed E-state index contributed by atoms with van der Waals surface area (Å²) in [5, 5.41) is 8.44. The zero-order valence-corrected chi connectivity index (χ0v) is 8.46. The maximum atomic E-state index is 11.4. The van der Waals surface area contributed by atoms with E-state index in [2.05, 4.69) is 15.5 Å². The van der Waals surface area contributed by atoms with Gasteiger partial charge in [0.2, 0.25) is 5.91 Å². The Bertz CT molecular complexity index is 385. The Morgan fingerprint density at radius 2 is 2.27 bits per heavy atom. The van der Waals surface area contributed by atoms with Crippen molar-refractivity contribution in [3.05, 3.63) is 5.56 Å². The molecule has 0 unspecified atom stereocenters. The molecule has 0 atom stereocenters. The lowest BCUT2D eigenvalue weighted by molar-refractivity contribution is -0.114. The molecular weight excluding hydrogens is 200 g/mol. The van der Waals surface area contributed by atoms with Crippen molar-refractivity contribution in [3.63, 3.8) is 0 Å². The van der Waals surface area contributed by atoms with Gasteiger partial charge in [0, 0.05) is 6.92 Å². The summed E-state index contributed by atoms with van der Waals surface area (Å²) in [5.41, 5.74) is 5.53. The van der Waals surface area contributed by atoms with Crippen LogP contribution in [-0.2, 0) is 9.53 Å². The molecule has 7 nitrogen and oxygen atoms in total. The zero-order valence-electron chi connectivity index (χ0n) is 8.46. The van der Waals surface area contributed by atoms with Crippen LogP contribution in [-0.4, -0.2) is 28.7 Å². The van der Waals surface area contributed by atoms with Crippen molar-refractivity contribution in [1.29, 1.82) is 0 Å². The number of rotatable bonds is 3. The molecule has 0 aromatic carbocycles. The van der Waals surface area contributed by atoms with Crippen LogP contribution in [0.15, 0.2) is 0 Å². The predicted octanol–water partition coefficient (Wildman–Crippen LogP) is 0.127. The lowest BCUT2D eigenvalue weighted by Crippen LogP contribution is -2.13. The largest absolute Gasteiger partial charge is 0.462 e. The van der Waals surface area contributed by atoms with Gasteiger partial charge in [-0.2, -0.15) is 5.10 Å². The number of hydrogen-bond acceptors (Lipinski definition) is 5. The number of carbonyl (C=O) groups is 2. The van der Waals surface area contributed by atoms with E-state index in [9.17, 15) is 9.59 Å². The molecule has 4 N–H and O–H groups in total. The number of H-pyrrole nitrogens is 1. The second-order valence-electron chi connectivity index (χ2n) is 2.76. The van der Waals surface area contributed by atoms with Crippen molar-refractivity contribution in [1.82, 2.24) is 10.2 Å². The number of ether oxygens (including phenoxy) is 1. The van der Waals surface area contributed by atoms with Crippen LogP contribution in [0.4, 0.5) is 11.6 Å². The second kappa shape index (κ2) is 4.45. The number of nitrogens with one attached hydrogen (secondary N) is 2. The summed E-state index contributed by atoms with van der Waals surface area (Å²) in [7, 11) is 0. The molecule has 1 amide bonds. The molecule has 1 aromatic heterocycles. The number of amides is 1. The fourth-order valence-corrected chi connectivity index (χ4v) is 1.02. The number of nitrogens with zero attached hydrogens (tertiary/aromatic N) is 1. The first-order valence-electron chi connectivity index (χ1n) is 4.34. The van der Waals surface area contributed by atoms with E-state index in [1.54, 1.807) is 6.92 Å². The first-order valence-corrected chi connectivity index (χ1v) is 4.34. The normalized spacial score (nSPS) is 9.73. The standard InChI is InChI=1S/C8H12N4O3/c1-3-15-8(14)5-6(9)11-12-7(5)10-4(2)13/h3H2,1-2H3,(H4,9,10,11,12,13). The molecule has 0 saturated heterocycles. The molecule has 1 rings (SSSR count). The molecular formula is C8H12N4O3. The summed E-state index contributed by atoms with van der Waals surface area (Å²) >= 11 is 0. The van der Waals surface area contributed by atoms with E-state index < -0.39 is 5.97 Å². The molecule has 15 heavy (non-hydrogen) atoms. The van der Waals surface area contributed by atoms with Gasteiger partial charge < -0.3 is 15.8 Å². The van der Waals surface area contributed by atoms with E-state index in [0.29, 0.717) is 0 Å². The summed E-state index contributed by atoms with van der Waals surface area (Å²) in [6, 6.07) is 0. The minimum atomic E-state index is -0.618. The monoisotopic (exact) mass is 212 g/mol. The molecule has 0 fully saturated rings. The minimum absolute atomic E-state index is 0.0482. The van der Waals surface area contributed by atoms with Crippen LogP contribution in [0.25, 0.3) is 0 Å². The summed E-state index contributed by atoms with van der Waals surface area (Å²) in [4.78, 5) is 22.2. The van der Waals surface area contributed by atoms with Crippen molar-refractivity contribution in [3.8, 4) is 0 Å². The molecule has 1 aromatic rings. The van der Waals surface area contributed by atoms with Crippen molar-refractivity contribution in [2.45, 2.75) is 13.8 Å². The average Bonchev–Trinajstić information content (AvgIpc) is 2.46. The fraction of sp³-hybridized carbons (Fsp3) is 0.375. The SMILES string of the molecule is CCOC(=O)c1c(NC(C)=O)n[nH]c1N. The first-order chi connectivity index (χ1) is 7.06. The number of carbonyl (C=O) groups excluding carboxylic acids is 2. The van der Waals surface area contributed by atoms with Crippen LogP contribution in [0.5, 0.6) is 0 Å². The lowest BCUT2D eigenvalue weighted by atomic mass is 10.3. The second-order valence-corrected chi connectivity index (χ2v) is 2.76. The minimum Gasteiger partial charge on any atom is -0.462 e. The van der Waals surface area contributed by atoms with E-state index in [-0.39, 0.29) is 29.7 Å². The third kappa shape index (κ3) is 2.46. The smallest absolute Gasteiger partial charge is 0.345 e. The molecule has 0 aliphatic carbocycles. The Morgan fingerprint density at radius 1 is 1.60 bits per heavy atom. The molecule has 0 spiro atoms. The van der Waals surface area contributed by atoms with Crippen molar-refractivity contribution in [2.24, 2.45) is 0 Å². The summed E-state index contributed by atoms with van der Waals surface area (Å²) in [5.74, 6) is -0.810.